The molecule has 1 unspecified atom stereocenters. The van der Waals surface area contributed by atoms with Crippen LogP contribution in [0.15, 0.2) is 12.2 Å². The molecule has 0 bridgehead atoms. The van der Waals surface area contributed by atoms with Crippen molar-refractivity contribution in [1.29, 1.82) is 0 Å². The Labute approximate surface area is 165 Å². The van der Waals surface area contributed by atoms with Crippen LogP contribution in [0.25, 0.3) is 0 Å². The Hall–Kier alpha value is -1.32. The largest absolute Gasteiger partial charge is 0.469 e. The Bertz CT molecular complexity index is 569. The lowest BCUT2D eigenvalue weighted by atomic mass is 9.46. The second-order valence-electron chi connectivity index (χ2n) is 9.38. The summed E-state index contributed by atoms with van der Waals surface area (Å²) >= 11 is 0. The Morgan fingerprint density at radius 1 is 1.26 bits per heavy atom. The monoisotopic (exact) mass is 378 g/mol. The van der Waals surface area contributed by atoms with Crippen LogP contribution in [0.2, 0.25) is 0 Å². The van der Waals surface area contributed by atoms with E-state index in [2.05, 4.69) is 27.4 Å². The van der Waals surface area contributed by atoms with Crippen LogP contribution in [0.3, 0.4) is 0 Å². The minimum atomic E-state index is -0.373. The van der Waals surface area contributed by atoms with Crippen LogP contribution in [-0.4, -0.2) is 25.7 Å². The van der Waals surface area contributed by atoms with E-state index in [-0.39, 0.29) is 22.8 Å². The normalized spacial score (nSPS) is 34.5. The van der Waals surface area contributed by atoms with Crippen molar-refractivity contribution in [1.82, 2.24) is 0 Å². The van der Waals surface area contributed by atoms with Gasteiger partial charge in [-0.3, -0.25) is 9.59 Å². The zero-order valence-electron chi connectivity index (χ0n) is 17.9. The number of allylic oxidation sites excluding steroid dienone is 1. The highest BCUT2D eigenvalue weighted by molar-refractivity contribution is 5.77. The number of rotatable bonds is 7. The first-order valence-electron chi connectivity index (χ1n) is 10.5. The molecule has 2 rings (SSSR count). The molecule has 2 aliphatic carbocycles. The fourth-order valence-corrected chi connectivity index (χ4v) is 5.96. The molecule has 0 heterocycles. The lowest BCUT2D eigenvalue weighted by molar-refractivity contribution is -0.168. The molecule has 154 valence electrons. The van der Waals surface area contributed by atoms with Gasteiger partial charge < -0.3 is 9.47 Å². The summed E-state index contributed by atoms with van der Waals surface area (Å²) in [5, 5.41) is 0. The first-order valence-corrected chi connectivity index (χ1v) is 10.5. The van der Waals surface area contributed by atoms with E-state index in [4.69, 9.17) is 9.47 Å². The molecule has 0 amide bonds. The maximum Gasteiger partial charge on any atom is 0.311 e. The van der Waals surface area contributed by atoms with Crippen LogP contribution in [0.4, 0.5) is 0 Å². The minimum absolute atomic E-state index is 0.0422. The molecule has 2 saturated carbocycles. The van der Waals surface area contributed by atoms with Gasteiger partial charge in [0.15, 0.2) is 0 Å². The summed E-state index contributed by atoms with van der Waals surface area (Å²) in [7, 11) is 1.52. The van der Waals surface area contributed by atoms with Crippen molar-refractivity contribution in [2.45, 2.75) is 79.1 Å². The first-order chi connectivity index (χ1) is 12.6. The smallest absolute Gasteiger partial charge is 0.311 e. The van der Waals surface area contributed by atoms with E-state index in [9.17, 15) is 9.59 Å². The van der Waals surface area contributed by atoms with E-state index >= 15 is 0 Å². The van der Waals surface area contributed by atoms with Gasteiger partial charge in [-0.05, 0) is 75.0 Å². The third-order valence-electron chi connectivity index (χ3n) is 7.54. The average molecular weight is 379 g/mol. The van der Waals surface area contributed by atoms with Gasteiger partial charge in [0, 0.05) is 6.92 Å². The van der Waals surface area contributed by atoms with Gasteiger partial charge in [0.05, 0.1) is 19.1 Å². The third kappa shape index (κ3) is 4.57. The molecule has 0 spiro atoms. The molecule has 0 N–H and O–H groups in total. The molecule has 2 aliphatic rings. The summed E-state index contributed by atoms with van der Waals surface area (Å²) in [6.07, 6.45) is 8.32. The van der Waals surface area contributed by atoms with Crippen LogP contribution in [0.1, 0.15) is 79.1 Å². The first kappa shape index (κ1) is 22.0. The molecule has 4 heteroatoms. The molecule has 0 aliphatic heterocycles. The maximum absolute atomic E-state index is 12.6. The van der Waals surface area contributed by atoms with Crippen molar-refractivity contribution in [3.63, 3.8) is 0 Å². The van der Waals surface area contributed by atoms with Crippen molar-refractivity contribution >= 4 is 11.9 Å². The number of hydrogen-bond acceptors (Lipinski definition) is 4. The van der Waals surface area contributed by atoms with Gasteiger partial charge in [0.25, 0.3) is 0 Å². The number of carbonyl (C=O) groups is 2. The highest BCUT2D eigenvalue weighted by atomic mass is 16.5. The van der Waals surface area contributed by atoms with Crippen molar-refractivity contribution < 1.29 is 19.1 Å². The molecule has 2 fully saturated rings. The molecule has 0 aromatic carbocycles. The van der Waals surface area contributed by atoms with Gasteiger partial charge >= 0.3 is 11.9 Å². The summed E-state index contributed by atoms with van der Waals surface area (Å²) in [6, 6.07) is 0. The Morgan fingerprint density at radius 2 is 1.96 bits per heavy atom. The predicted octanol–water partition coefficient (Wildman–Crippen LogP) is 5.31. The van der Waals surface area contributed by atoms with Gasteiger partial charge in [0.2, 0.25) is 0 Å². The minimum Gasteiger partial charge on any atom is -0.469 e. The Balaban J connectivity index is 2.08. The summed E-state index contributed by atoms with van der Waals surface area (Å²) in [4.78, 5) is 23.6. The average Bonchev–Trinajstić information content (AvgIpc) is 2.59. The predicted molar refractivity (Wildman–Crippen MR) is 107 cm³/mol. The quantitative estimate of drug-likeness (QED) is 0.445. The van der Waals surface area contributed by atoms with Crippen LogP contribution in [-0.2, 0) is 19.1 Å². The topological polar surface area (TPSA) is 52.6 Å². The number of ether oxygens (including phenoxy) is 2. The SMILES string of the molecule is C=C1CC[C@H]2[C@@](C)(C(=O)OC)CCC[C@]2(C)C1CC[C@H](C)CCOC(C)=O. The van der Waals surface area contributed by atoms with Gasteiger partial charge in [0.1, 0.15) is 0 Å². The second-order valence-corrected chi connectivity index (χ2v) is 9.38. The molecule has 0 saturated heterocycles. The lowest BCUT2D eigenvalue weighted by Gasteiger charge is -2.57. The highest BCUT2D eigenvalue weighted by Crippen LogP contribution is 2.62. The van der Waals surface area contributed by atoms with E-state index in [0.29, 0.717) is 24.4 Å². The molecule has 0 radical (unpaired) electrons. The highest BCUT2D eigenvalue weighted by Gasteiger charge is 2.57. The van der Waals surface area contributed by atoms with Crippen LogP contribution >= 0.6 is 0 Å². The standard InChI is InChI=1S/C23H38O4/c1-16(12-15-27-18(3)24)8-10-19-17(2)9-11-20-22(19,4)13-7-14-23(20,5)21(25)26-6/h16,19-20H,2,7-15H2,1,3-6H3/t16-,19?,20+,22+,23-/m0/s1. The number of methoxy groups -OCH3 is 1. The van der Waals surface area contributed by atoms with Gasteiger partial charge in [-0.15, -0.1) is 0 Å². The summed E-state index contributed by atoms with van der Waals surface area (Å²) < 4.78 is 10.3. The van der Waals surface area contributed by atoms with Crippen molar-refractivity contribution in [3.8, 4) is 0 Å². The van der Waals surface area contributed by atoms with Crippen LogP contribution in [0, 0.1) is 28.6 Å². The zero-order chi connectivity index (χ0) is 20.2. The van der Waals surface area contributed by atoms with Gasteiger partial charge in [-0.25, -0.2) is 0 Å². The molecular formula is C23H38O4. The van der Waals surface area contributed by atoms with E-state index < -0.39 is 0 Å². The van der Waals surface area contributed by atoms with E-state index in [0.717, 1.165) is 51.4 Å². The number of hydrogen-bond donors (Lipinski definition) is 0. The van der Waals surface area contributed by atoms with Gasteiger partial charge in [-0.1, -0.05) is 32.4 Å². The Morgan fingerprint density at radius 3 is 2.59 bits per heavy atom. The fourth-order valence-electron chi connectivity index (χ4n) is 5.96. The van der Waals surface area contributed by atoms with Crippen LogP contribution in [0.5, 0.6) is 0 Å². The molecule has 4 nitrogen and oxygen atoms in total. The number of fused-ring (bicyclic) bond motifs is 1. The van der Waals surface area contributed by atoms with Crippen molar-refractivity contribution in [2.75, 3.05) is 13.7 Å². The molecule has 0 aromatic rings. The number of carbonyl (C=O) groups excluding carboxylic acids is 2. The van der Waals surface area contributed by atoms with Crippen molar-refractivity contribution in [2.24, 2.45) is 28.6 Å². The van der Waals surface area contributed by atoms with Crippen molar-refractivity contribution in [3.05, 3.63) is 12.2 Å². The van der Waals surface area contributed by atoms with E-state index in [1.807, 2.05) is 0 Å². The molecule has 0 aromatic heterocycles. The van der Waals surface area contributed by atoms with E-state index in [1.54, 1.807) is 0 Å². The maximum atomic E-state index is 12.6. The van der Waals surface area contributed by atoms with E-state index in [1.165, 1.54) is 19.6 Å². The molecule has 27 heavy (non-hydrogen) atoms. The lowest BCUT2D eigenvalue weighted by Crippen LogP contribution is -2.53. The fraction of sp³-hybridized carbons (Fsp3) is 0.826. The second kappa shape index (κ2) is 8.79. The van der Waals surface area contributed by atoms with Gasteiger partial charge in [-0.2, -0.15) is 0 Å². The summed E-state index contributed by atoms with van der Waals surface area (Å²) in [5.74, 6) is 1.08. The number of esters is 2. The zero-order valence-corrected chi connectivity index (χ0v) is 17.9. The summed E-state index contributed by atoms with van der Waals surface area (Å²) in [6.45, 7) is 13.1. The molecular weight excluding hydrogens is 340 g/mol. The summed E-state index contributed by atoms with van der Waals surface area (Å²) in [5.41, 5.74) is 1.10. The molecule has 5 atom stereocenters. The third-order valence-corrected chi connectivity index (χ3v) is 7.54. The van der Waals surface area contributed by atoms with Crippen LogP contribution < -0.4 is 0 Å². The Kier molecular flexibility index (Phi) is 7.15.